The molecule has 3 N–H and O–H groups in total. The first kappa shape index (κ1) is 12.2. The number of piperazine rings is 1. The molecule has 2 heterocycles. The summed E-state index contributed by atoms with van der Waals surface area (Å²) in [5, 5.41) is 5.91. The van der Waals surface area contributed by atoms with Gasteiger partial charge in [0.15, 0.2) is 11.6 Å². The molecule has 0 spiro atoms. The predicted octanol–water partition coefficient (Wildman–Crippen LogP) is 0.387. The second-order valence-electron chi connectivity index (χ2n) is 4.46. The summed E-state index contributed by atoms with van der Waals surface area (Å²) < 4.78 is 5.15. The Balaban J connectivity index is 2.01. The standard InChI is InChI=1S/C13H12N4O3/c14-11-5-10(20-16-11)8-3-1-2-4-9(8)17-6-12(18)15-13(19)7-17/h1-5H,6-7H2,(H2,14,16)(H,15,18,19). The molecule has 2 aromatic rings. The quantitative estimate of drug-likeness (QED) is 0.767. The zero-order valence-corrected chi connectivity index (χ0v) is 10.5. The van der Waals surface area contributed by atoms with Gasteiger partial charge in [-0.05, 0) is 12.1 Å². The number of nitrogen functional groups attached to an aromatic ring is 1. The third-order valence-corrected chi connectivity index (χ3v) is 2.99. The molecule has 20 heavy (non-hydrogen) atoms. The molecule has 1 aromatic heterocycles. The van der Waals surface area contributed by atoms with Gasteiger partial charge in [0.05, 0.1) is 13.1 Å². The lowest BCUT2D eigenvalue weighted by Crippen LogP contribution is -2.51. The van der Waals surface area contributed by atoms with Gasteiger partial charge in [-0.15, -0.1) is 0 Å². The summed E-state index contributed by atoms with van der Waals surface area (Å²) in [5.74, 6) is 0.125. The fraction of sp³-hybridized carbons (Fsp3) is 0.154. The number of carbonyl (C=O) groups is 2. The van der Waals surface area contributed by atoms with E-state index in [0.29, 0.717) is 5.76 Å². The first-order valence-electron chi connectivity index (χ1n) is 6.03. The van der Waals surface area contributed by atoms with Crippen molar-refractivity contribution in [3.05, 3.63) is 30.3 Å². The molecule has 1 aliphatic heterocycles. The van der Waals surface area contributed by atoms with E-state index in [1.54, 1.807) is 11.0 Å². The molecule has 0 unspecified atom stereocenters. The van der Waals surface area contributed by atoms with E-state index >= 15 is 0 Å². The summed E-state index contributed by atoms with van der Waals surface area (Å²) >= 11 is 0. The number of carbonyl (C=O) groups excluding carboxylic acids is 2. The number of aromatic nitrogens is 1. The number of benzene rings is 1. The average Bonchev–Trinajstić information content (AvgIpc) is 2.84. The normalized spacial score (nSPS) is 15.3. The molecule has 1 fully saturated rings. The molecular weight excluding hydrogens is 260 g/mol. The zero-order valence-electron chi connectivity index (χ0n) is 10.5. The van der Waals surface area contributed by atoms with Crippen LogP contribution in [0.2, 0.25) is 0 Å². The van der Waals surface area contributed by atoms with Crippen molar-refractivity contribution >= 4 is 23.3 Å². The lowest BCUT2D eigenvalue weighted by atomic mass is 10.1. The molecule has 7 nitrogen and oxygen atoms in total. The van der Waals surface area contributed by atoms with Crippen molar-refractivity contribution in [2.24, 2.45) is 0 Å². The number of hydrogen-bond acceptors (Lipinski definition) is 6. The first-order valence-corrected chi connectivity index (χ1v) is 6.03. The van der Waals surface area contributed by atoms with Gasteiger partial charge in [-0.1, -0.05) is 17.3 Å². The summed E-state index contributed by atoms with van der Waals surface area (Å²) in [6, 6.07) is 8.91. The number of nitrogens with one attached hydrogen (secondary N) is 1. The van der Waals surface area contributed by atoms with Gasteiger partial charge in [0, 0.05) is 17.3 Å². The highest BCUT2D eigenvalue weighted by Crippen LogP contribution is 2.31. The van der Waals surface area contributed by atoms with Crippen LogP contribution >= 0.6 is 0 Å². The Morgan fingerprint density at radius 1 is 1.20 bits per heavy atom. The lowest BCUT2D eigenvalue weighted by molar-refractivity contribution is -0.130. The molecule has 0 radical (unpaired) electrons. The van der Waals surface area contributed by atoms with Crippen LogP contribution in [0.25, 0.3) is 11.3 Å². The summed E-state index contributed by atoms with van der Waals surface area (Å²) in [7, 11) is 0. The first-order chi connectivity index (χ1) is 9.63. The molecule has 2 amide bonds. The van der Waals surface area contributed by atoms with Gasteiger partial charge >= 0.3 is 0 Å². The van der Waals surface area contributed by atoms with Crippen LogP contribution < -0.4 is 16.0 Å². The highest BCUT2D eigenvalue weighted by Gasteiger charge is 2.25. The molecule has 0 aliphatic carbocycles. The second kappa shape index (κ2) is 4.69. The van der Waals surface area contributed by atoms with Gasteiger partial charge in [0.2, 0.25) is 11.8 Å². The van der Waals surface area contributed by atoms with E-state index in [4.69, 9.17) is 10.3 Å². The van der Waals surface area contributed by atoms with E-state index in [1.165, 1.54) is 0 Å². The van der Waals surface area contributed by atoms with Crippen molar-refractivity contribution in [1.29, 1.82) is 0 Å². The molecule has 1 aliphatic rings. The highest BCUT2D eigenvalue weighted by molar-refractivity contribution is 6.03. The maximum Gasteiger partial charge on any atom is 0.246 e. The van der Waals surface area contributed by atoms with Crippen LogP contribution in [0.4, 0.5) is 11.5 Å². The van der Waals surface area contributed by atoms with Crippen LogP contribution in [0.15, 0.2) is 34.9 Å². The molecule has 0 saturated carbocycles. The van der Waals surface area contributed by atoms with Crippen molar-refractivity contribution < 1.29 is 14.1 Å². The molecule has 102 valence electrons. The van der Waals surface area contributed by atoms with Gasteiger partial charge in [0.1, 0.15) is 0 Å². The molecule has 1 saturated heterocycles. The fourth-order valence-corrected chi connectivity index (χ4v) is 2.18. The predicted molar refractivity (Wildman–Crippen MR) is 71.7 cm³/mol. The Labute approximate surface area is 114 Å². The monoisotopic (exact) mass is 272 g/mol. The van der Waals surface area contributed by atoms with Crippen LogP contribution in [-0.2, 0) is 9.59 Å². The summed E-state index contributed by atoms with van der Waals surface area (Å²) in [5.41, 5.74) is 7.02. The molecule has 1 aromatic carbocycles. The van der Waals surface area contributed by atoms with Crippen molar-refractivity contribution in [2.75, 3.05) is 23.7 Å². The van der Waals surface area contributed by atoms with E-state index in [-0.39, 0.29) is 30.7 Å². The van der Waals surface area contributed by atoms with Crippen LogP contribution in [-0.4, -0.2) is 30.1 Å². The van der Waals surface area contributed by atoms with Crippen molar-refractivity contribution in [1.82, 2.24) is 10.5 Å². The van der Waals surface area contributed by atoms with Gasteiger partial charge in [0.25, 0.3) is 0 Å². The van der Waals surface area contributed by atoms with Crippen molar-refractivity contribution in [3.63, 3.8) is 0 Å². The topological polar surface area (TPSA) is 101 Å². The van der Waals surface area contributed by atoms with E-state index in [1.807, 2.05) is 24.3 Å². The number of hydrogen-bond donors (Lipinski definition) is 2. The van der Waals surface area contributed by atoms with Crippen molar-refractivity contribution in [3.8, 4) is 11.3 Å². The van der Waals surface area contributed by atoms with Gasteiger partial charge in [-0.2, -0.15) is 0 Å². The Bertz CT molecular complexity index is 664. The second-order valence-corrected chi connectivity index (χ2v) is 4.46. The van der Waals surface area contributed by atoms with E-state index in [9.17, 15) is 9.59 Å². The Hall–Kier alpha value is -2.83. The fourth-order valence-electron chi connectivity index (χ4n) is 2.18. The minimum atomic E-state index is -0.326. The molecule has 7 heteroatoms. The molecule has 0 bridgehead atoms. The van der Waals surface area contributed by atoms with Crippen molar-refractivity contribution in [2.45, 2.75) is 0 Å². The van der Waals surface area contributed by atoms with E-state index in [0.717, 1.165) is 11.3 Å². The Morgan fingerprint density at radius 3 is 2.55 bits per heavy atom. The maximum atomic E-state index is 11.5. The minimum Gasteiger partial charge on any atom is -0.381 e. The third kappa shape index (κ3) is 2.20. The van der Waals surface area contributed by atoms with Crippen LogP contribution in [0.3, 0.4) is 0 Å². The molecule has 0 atom stereocenters. The van der Waals surface area contributed by atoms with Crippen LogP contribution in [0.5, 0.6) is 0 Å². The number of nitrogens with two attached hydrogens (primary N) is 1. The zero-order chi connectivity index (χ0) is 14.1. The number of imide groups is 1. The maximum absolute atomic E-state index is 11.5. The number of rotatable bonds is 2. The molecular formula is C13H12N4O3. The summed E-state index contributed by atoms with van der Waals surface area (Å²) in [6.45, 7) is 0.235. The Kier molecular flexibility index (Phi) is 2.86. The average molecular weight is 272 g/mol. The minimum absolute atomic E-state index is 0.117. The molecule has 3 rings (SSSR count). The van der Waals surface area contributed by atoms with Crippen LogP contribution in [0, 0.1) is 0 Å². The smallest absolute Gasteiger partial charge is 0.246 e. The van der Waals surface area contributed by atoms with Gasteiger partial charge < -0.3 is 15.2 Å². The SMILES string of the molecule is Nc1cc(-c2ccccc2N2CC(=O)NC(=O)C2)on1. The number of anilines is 2. The third-order valence-electron chi connectivity index (χ3n) is 2.99. The van der Waals surface area contributed by atoms with E-state index in [2.05, 4.69) is 10.5 Å². The van der Waals surface area contributed by atoms with Gasteiger partial charge in [-0.25, -0.2) is 0 Å². The summed E-state index contributed by atoms with van der Waals surface area (Å²) in [4.78, 5) is 24.6. The number of nitrogens with zero attached hydrogens (tertiary/aromatic N) is 2. The largest absolute Gasteiger partial charge is 0.381 e. The lowest BCUT2D eigenvalue weighted by Gasteiger charge is -2.28. The summed E-state index contributed by atoms with van der Waals surface area (Å²) in [6.07, 6.45) is 0. The van der Waals surface area contributed by atoms with Gasteiger partial charge in [-0.3, -0.25) is 14.9 Å². The number of para-hydroxylation sites is 1. The Morgan fingerprint density at radius 2 is 1.90 bits per heavy atom. The van der Waals surface area contributed by atoms with E-state index < -0.39 is 0 Å². The number of amides is 2. The van der Waals surface area contributed by atoms with Crippen LogP contribution in [0.1, 0.15) is 0 Å². The highest BCUT2D eigenvalue weighted by atomic mass is 16.5.